The van der Waals surface area contributed by atoms with Gasteiger partial charge in [-0.25, -0.2) is 0 Å². The largest absolute Gasteiger partial charge is 0.478 e. The summed E-state index contributed by atoms with van der Waals surface area (Å²) < 4.78 is 10.9. The van der Waals surface area contributed by atoms with Crippen molar-refractivity contribution >= 4 is 0 Å². The first kappa shape index (κ1) is 18.6. The first-order chi connectivity index (χ1) is 13.7. The van der Waals surface area contributed by atoms with E-state index in [0.29, 0.717) is 37.3 Å². The van der Waals surface area contributed by atoms with Crippen LogP contribution >= 0.6 is 0 Å². The SMILES string of the molecule is COC1C[C@@H](c2nn[nH]n2)CC1O[N+](=O)OC1C[C@H](c2nn[nH]n2)CC1OC. The Labute approximate surface area is 159 Å². The normalized spacial score (nSPS) is 32.5. The lowest BCUT2D eigenvalue weighted by molar-refractivity contribution is -0.993. The number of methoxy groups -OCH3 is 2. The molecule has 2 fully saturated rings. The van der Waals surface area contributed by atoms with E-state index >= 15 is 0 Å². The van der Waals surface area contributed by atoms with Crippen LogP contribution in [0.25, 0.3) is 0 Å². The molecule has 0 saturated heterocycles. The van der Waals surface area contributed by atoms with Crippen LogP contribution in [-0.4, -0.2) is 85.0 Å². The number of aromatic nitrogens is 8. The van der Waals surface area contributed by atoms with E-state index in [9.17, 15) is 4.91 Å². The molecule has 2 aliphatic carbocycles. The molecule has 2 aromatic rings. The predicted molar refractivity (Wildman–Crippen MR) is 87.3 cm³/mol. The molecule has 0 spiro atoms. The summed E-state index contributed by atoms with van der Waals surface area (Å²) in [5, 5.41) is 28.2. The molecule has 4 unspecified atom stereocenters. The summed E-state index contributed by atoms with van der Waals surface area (Å²) in [4.78, 5) is 23.3. The Bertz CT molecular complexity index is 695. The smallest absolute Gasteiger partial charge is 0.377 e. The topological polar surface area (TPSA) is 166 Å². The van der Waals surface area contributed by atoms with Gasteiger partial charge >= 0.3 is 5.09 Å². The van der Waals surface area contributed by atoms with Gasteiger partial charge in [0.2, 0.25) is 12.2 Å². The number of aromatic amines is 2. The van der Waals surface area contributed by atoms with E-state index in [-0.39, 0.29) is 29.1 Å². The number of ether oxygens (including phenoxy) is 2. The third-order valence-corrected chi connectivity index (χ3v) is 5.40. The maximum absolute atomic E-state index is 12.3. The summed E-state index contributed by atoms with van der Waals surface area (Å²) in [6.07, 6.45) is 0.753. The van der Waals surface area contributed by atoms with Gasteiger partial charge in [-0.1, -0.05) is 10.4 Å². The molecule has 2 heterocycles. The number of nitrogens with one attached hydrogen (secondary N) is 2. The minimum absolute atomic E-state index is 0.0112. The van der Waals surface area contributed by atoms with Crippen LogP contribution in [0.1, 0.15) is 49.2 Å². The standard InChI is InChI=1S/C14H22N9O5/c1-25-9-3-7(13-15-19-20-16-13)5-11(9)27-23(24)28-12-6-8(4-10(12)26-2)14-17-21-22-18-14/h7-12H,3-6H2,1-2H3,(H,15,16,19,20)(H,17,18,21,22)/q+1/t7-,8-,9?,10?,11?,12?/m1/s1. The van der Waals surface area contributed by atoms with Gasteiger partial charge in [-0.3, -0.25) is 0 Å². The molecule has 14 heteroatoms. The minimum atomic E-state index is -0.485. The highest BCUT2D eigenvalue weighted by Crippen LogP contribution is 2.38. The van der Waals surface area contributed by atoms with E-state index in [1.165, 1.54) is 0 Å². The quantitative estimate of drug-likeness (QED) is 0.556. The van der Waals surface area contributed by atoms with E-state index in [4.69, 9.17) is 19.1 Å². The maximum Gasteiger partial charge on any atom is 0.478 e. The Balaban J connectivity index is 1.34. The predicted octanol–water partition coefficient (Wildman–Crippen LogP) is -0.423. The highest BCUT2D eigenvalue weighted by Gasteiger charge is 2.47. The number of nitrogens with zero attached hydrogens (tertiary/aromatic N) is 7. The van der Waals surface area contributed by atoms with Gasteiger partial charge in [0.25, 0.3) is 0 Å². The number of hydrogen-bond donors (Lipinski definition) is 2. The van der Waals surface area contributed by atoms with E-state index < -0.39 is 12.2 Å². The Morgan fingerprint density at radius 2 is 1.21 bits per heavy atom. The fourth-order valence-electron chi connectivity index (χ4n) is 3.99. The molecular formula is C14H22N9O5+. The highest BCUT2D eigenvalue weighted by molar-refractivity contribution is 5.01. The van der Waals surface area contributed by atoms with Crippen molar-refractivity contribution in [2.24, 2.45) is 0 Å². The Morgan fingerprint density at radius 1 is 0.786 bits per heavy atom. The molecule has 0 amide bonds. The molecule has 28 heavy (non-hydrogen) atoms. The summed E-state index contributed by atoms with van der Waals surface area (Å²) in [5.74, 6) is 1.13. The summed E-state index contributed by atoms with van der Waals surface area (Å²) in [6.45, 7) is 0. The first-order valence-electron chi connectivity index (χ1n) is 9.01. The van der Waals surface area contributed by atoms with Gasteiger partial charge in [0.1, 0.15) is 17.1 Å². The Morgan fingerprint density at radius 3 is 1.57 bits per heavy atom. The maximum atomic E-state index is 12.3. The van der Waals surface area contributed by atoms with Crippen LogP contribution in [0.4, 0.5) is 0 Å². The fourth-order valence-corrected chi connectivity index (χ4v) is 3.99. The highest BCUT2D eigenvalue weighted by atomic mass is 17.0. The van der Waals surface area contributed by atoms with Gasteiger partial charge in [-0.15, -0.1) is 20.4 Å². The molecule has 14 nitrogen and oxygen atoms in total. The molecule has 2 N–H and O–H groups in total. The van der Waals surface area contributed by atoms with Crippen LogP contribution < -0.4 is 0 Å². The molecule has 0 bridgehead atoms. The average Bonchev–Trinajstić information content (AvgIpc) is 3.46. The van der Waals surface area contributed by atoms with Crippen molar-refractivity contribution in [1.82, 2.24) is 41.2 Å². The monoisotopic (exact) mass is 396 g/mol. The van der Waals surface area contributed by atoms with E-state index in [0.717, 1.165) is 0 Å². The van der Waals surface area contributed by atoms with E-state index in [2.05, 4.69) is 41.2 Å². The summed E-state index contributed by atoms with van der Waals surface area (Å²) in [7, 11) is 3.14. The van der Waals surface area contributed by atoms with Crippen LogP contribution in [-0.2, 0) is 19.1 Å². The molecule has 0 aliphatic heterocycles. The van der Waals surface area contributed by atoms with Crippen LogP contribution in [0.15, 0.2) is 0 Å². The third-order valence-electron chi connectivity index (χ3n) is 5.40. The van der Waals surface area contributed by atoms with Gasteiger partial charge in [0.05, 0.1) is 0 Å². The van der Waals surface area contributed by atoms with E-state index in [1.54, 1.807) is 14.2 Å². The van der Waals surface area contributed by atoms with Crippen molar-refractivity contribution in [2.45, 2.75) is 61.9 Å². The van der Waals surface area contributed by atoms with Gasteiger partial charge in [0.15, 0.2) is 11.6 Å². The van der Waals surface area contributed by atoms with E-state index in [1.807, 2.05) is 0 Å². The van der Waals surface area contributed by atoms with Crippen molar-refractivity contribution in [3.05, 3.63) is 16.6 Å². The number of hydrogen-bond acceptors (Lipinski definition) is 11. The zero-order valence-electron chi connectivity index (χ0n) is 15.5. The number of H-pyrrole nitrogens is 2. The second kappa shape index (κ2) is 8.10. The Kier molecular flexibility index (Phi) is 5.38. The fraction of sp³-hybridized carbons (Fsp3) is 0.857. The van der Waals surface area contributed by atoms with Crippen LogP contribution in [0.3, 0.4) is 0 Å². The van der Waals surface area contributed by atoms with Crippen molar-refractivity contribution in [3.8, 4) is 0 Å². The molecule has 4 rings (SSSR count). The van der Waals surface area contributed by atoms with Gasteiger partial charge in [-0.2, -0.15) is 20.1 Å². The van der Waals surface area contributed by atoms with Gasteiger partial charge in [0, 0.05) is 38.9 Å². The van der Waals surface area contributed by atoms with Crippen molar-refractivity contribution < 1.29 is 24.2 Å². The van der Waals surface area contributed by atoms with Crippen LogP contribution in [0.5, 0.6) is 0 Å². The minimum Gasteiger partial charge on any atom is -0.377 e. The first-order valence-corrected chi connectivity index (χ1v) is 9.01. The average molecular weight is 396 g/mol. The molecule has 2 aromatic heterocycles. The zero-order valence-corrected chi connectivity index (χ0v) is 15.5. The number of tetrazole rings is 2. The lowest BCUT2D eigenvalue weighted by Gasteiger charge is -2.14. The second-order valence-electron chi connectivity index (χ2n) is 6.94. The van der Waals surface area contributed by atoms with Crippen molar-refractivity contribution in [1.29, 1.82) is 0 Å². The van der Waals surface area contributed by atoms with Gasteiger partial charge < -0.3 is 9.47 Å². The van der Waals surface area contributed by atoms with Crippen molar-refractivity contribution in [3.63, 3.8) is 0 Å². The van der Waals surface area contributed by atoms with Crippen molar-refractivity contribution in [2.75, 3.05) is 14.2 Å². The zero-order chi connectivity index (χ0) is 19.5. The Hall–Kier alpha value is -2.74. The lowest BCUT2D eigenvalue weighted by Crippen LogP contribution is -2.34. The summed E-state index contributed by atoms with van der Waals surface area (Å²) in [5.41, 5.74) is 0. The lowest BCUT2D eigenvalue weighted by atomic mass is 10.1. The van der Waals surface area contributed by atoms with Crippen LogP contribution in [0.2, 0.25) is 0 Å². The second-order valence-corrected chi connectivity index (χ2v) is 6.94. The summed E-state index contributed by atoms with van der Waals surface area (Å²) in [6, 6.07) is 0. The molecular weight excluding hydrogens is 374 g/mol. The number of rotatable bonds is 8. The molecule has 0 radical (unpaired) electrons. The molecule has 2 aliphatic rings. The molecule has 6 atom stereocenters. The molecule has 152 valence electrons. The van der Waals surface area contributed by atoms with Gasteiger partial charge in [-0.05, 0) is 12.8 Å². The summed E-state index contributed by atoms with van der Waals surface area (Å²) >= 11 is 0. The van der Waals surface area contributed by atoms with Crippen LogP contribution in [0, 0.1) is 4.91 Å². The molecule has 0 aromatic carbocycles. The third kappa shape index (κ3) is 3.77. The molecule has 2 saturated carbocycles.